The van der Waals surface area contributed by atoms with Crippen LogP contribution >= 0.6 is 0 Å². The standard InChI is InChI=1S/C22H18N4O4/c27-22(28)17-13-14(26(29)30)8-9-18(17)24-12-10-16-15-5-1-2-6-19(15)25-21(16)20-7-3-4-11-23-20/h1-9,11,13,24-25H,10,12H2,(H,27,28)/p+1. The van der Waals surface area contributed by atoms with Crippen molar-refractivity contribution in [2.45, 2.75) is 6.42 Å². The van der Waals surface area contributed by atoms with Crippen molar-refractivity contribution < 1.29 is 19.8 Å². The van der Waals surface area contributed by atoms with Gasteiger partial charge in [0, 0.05) is 47.4 Å². The van der Waals surface area contributed by atoms with Gasteiger partial charge in [-0.1, -0.05) is 18.2 Å². The lowest BCUT2D eigenvalue weighted by molar-refractivity contribution is -0.384. The highest BCUT2D eigenvalue weighted by atomic mass is 16.6. The summed E-state index contributed by atoms with van der Waals surface area (Å²) in [7, 11) is 0. The Kier molecular flexibility index (Phi) is 5.13. The molecule has 150 valence electrons. The number of hydrogen-bond acceptors (Lipinski definition) is 4. The summed E-state index contributed by atoms with van der Waals surface area (Å²) in [6.07, 6.45) is 2.48. The third kappa shape index (κ3) is 3.70. The first-order chi connectivity index (χ1) is 14.5. The van der Waals surface area contributed by atoms with E-state index in [0.717, 1.165) is 33.9 Å². The molecule has 0 spiro atoms. The molecule has 0 saturated carbocycles. The summed E-state index contributed by atoms with van der Waals surface area (Å²) in [5.41, 5.74) is 4.00. The topological polar surface area (TPSA) is 122 Å². The first-order valence-electron chi connectivity index (χ1n) is 9.37. The summed E-state index contributed by atoms with van der Waals surface area (Å²) in [6.45, 7) is 0.458. The van der Waals surface area contributed by atoms with Gasteiger partial charge in [0.1, 0.15) is 5.69 Å². The molecule has 0 unspecified atom stereocenters. The zero-order chi connectivity index (χ0) is 21.1. The van der Waals surface area contributed by atoms with Crippen LogP contribution in [-0.4, -0.2) is 27.5 Å². The molecule has 2 aromatic carbocycles. The molecular weight excluding hydrogens is 384 g/mol. The number of H-pyrrole nitrogens is 2. The van der Waals surface area contributed by atoms with Gasteiger partial charge in [0.25, 0.3) is 5.69 Å². The maximum absolute atomic E-state index is 11.5. The second-order valence-electron chi connectivity index (χ2n) is 6.77. The van der Waals surface area contributed by atoms with Crippen LogP contribution in [0.5, 0.6) is 0 Å². The number of carboxylic acids is 1. The largest absolute Gasteiger partial charge is 0.478 e. The van der Waals surface area contributed by atoms with Crippen LogP contribution in [0, 0.1) is 10.1 Å². The van der Waals surface area contributed by atoms with E-state index in [1.54, 1.807) is 0 Å². The van der Waals surface area contributed by atoms with Crippen molar-refractivity contribution in [2.24, 2.45) is 0 Å². The average Bonchev–Trinajstić information content (AvgIpc) is 3.13. The van der Waals surface area contributed by atoms with E-state index in [0.29, 0.717) is 18.7 Å². The Hall–Kier alpha value is -4.20. The van der Waals surface area contributed by atoms with E-state index in [4.69, 9.17) is 0 Å². The summed E-state index contributed by atoms with van der Waals surface area (Å²) in [5, 5.41) is 24.6. The van der Waals surface area contributed by atoms with E-state index < -0.39 is 10.9 Å². The van der Waals surface area contributed by atoms with Gasteiger partial charge in [-0.2, -0.15) is 0 Å². The number of benzene rings is 2. The molecule has 0 saturated heterocycles. The number of pyridine rings is 1. The van der Waals surface area contributed by atoms with Gasteiger partial charge < -0.3 is 15.4 Å². The van der Waals surface area contributed by atoms with Gasteiger partial charge in [0.05, 0.1) is 10.5 Å². The molecule has 0 aliphatic rings. The van der Waals surface area contributed by atoms with E-state index >= 15 is 0 Å². The van der Waals surface area contributed by atoms with Crippen LogP contribution in [0.3, 0.4) is 0 Å². The van der Waals surface area contributed by atoms with E-state index in [2.05, 4.69) is 15.3 Å². The average molecular weight is 403 g/mol. The van der Waals surface area contributed by atoms with E-state index in [-0.39, 0.29) is 11.3 Å². The zero-order valence-corrected chi connectivity index (χ0v) is 15.9. The van der Waals surface area contributed by atoms with Gasteiger partial charge in [-0.15, -0.1) is 0 Å². The number of anilines is 1. The fourth-order valence-corrected chi connectivity index (χ4v) is 3.54. The number of aromatic carboxylic acids is 1. The number of hydrogen-bond donors (Lipinski definition) is 3. The summed E-state index contributed by atoms with van der Waals surface area (Å²) >= 11 is 0. The number of carbonyl (C=O) groups is 1. The smallest absolute Gasteiger partial charge is 0.338 e. The van der Waals surface area contributed by atoms with Crippen LogP contribution in [0.15, 0.2) is 66.9 Å². The van der Waals surface area contributed by atoms with Crippen molar-refractivity contribution in [1.82, 2.24) is 4.98 Å². The molecule has 0 fully saturated rings. The summed E-state index contributed by atoms with van der Waals surface area (Å²) in [6, 6.07) is 17.7. The Bertz CT molecular complexity index is 1230. The predicted molar refractivity (Wildman–Crippen MR) is 113 cm³/mol. The van der Waals surface area contributed by atoms with Crippen LogP contribution < -0.4 is 10.3 Å². The SMILES string of the molecule is O=C(O)c1cc([N+](=O)[O-])ccc1NCCc1c(-c2cccc[nH+]2)[nH]c2ccccc12. The molecule has 8 nitrogen and oxygen atoms in total. The second-order valence-corrected chi connectivity index (χ2v) is 6.77. The molecule has 2 aromatic heterocycles. The van der Waals surface area contributed by atoms with E-state index in [1.165, 1.54) is 12.1 Å². The molecular formula is C22H19N4O4+. The van der Waals surface area contributed by atoms with Crippen molar-refractivity contribution in [1.29, 1.82) is 0 Å². The number of para-hydroxylation sites is 1. The maximum atomic E-state index is 11.5. The van der Waals surface area contributed by atoms with Crippen LogP contribution in [0.2, 0.25) is 0 Å². The molecule has 0 aliphatic carbocycles. The fraction of sp³-hybridized carbons (Fsp3) is 0.0909. The molecule has 0 radical (unpaired) electrons. The summed E-state index contributed by atoms with van der Waals surface area (Å²) < 4.78 is 0. The number of nitro benzene ring substituents is 1. The van der Waals surface area contributed by atoms with Gasteiger partial charge in [-0.05, 0) is 30.2 Å². The van der Waals surface area contributed by atoms with Gasteiger partial charge in [0.2, 0.25) is 5.69 Å². The Morgan fingerprint density at radius 2 is 1.93 bits per heavy atom. The molecule has 4 rings (SSSR count). The Balaban J connectivity index is 1.62. The van der Waals surface area contributed by atoms with E-state index in [1.807, 2.05) is 48.7 Å². The number of non-ortho nitro benzene ring substituents is 1. The second kappa shape index (κ2) is 8.04. The number of rotatable bonds is 7. The van der Waals surface area contributed by atoms with Gasteiger partial charge >= 0.3 is 5.97 Å². The molecule has 30 heavy (non-hydrogen) atoms. The highest BCUT2D eigenvalue weighted by Crippen LogP contribution is 2.29. The van der Waals surface area contributed by atoms with Crippen LogP contribution in [0.4, 0.5) is 11.4 Å². The lowest BCUT2D eigenvalue weighted by atomic mass is 10.0. The molecule has 4 N–H and O–H groups in total. The predicted octanol–water partition coefficient (Wildman–Crippen LogP) is 3.91. The number of nitro groups is 1. The van der Waals surface area contributed by atoms with Crippen molar-refractivity contribution >= 4 is 28.2 Å². The lowest BCUT2D eigenvalue weighted by Gasteiger charge is -2.10. The molecule has 2 heterocycles. The number of aromatic nitrogens is 2. The van der Waals surface area contributed by atoms with Crippen LogP contribution in [0.25, 0.3) is 22.3 Å². The zero-order valence-electron chi connectivity index (χ0n) is 15.9. The Labute approximate surface area is 171 Å². The van der Waals surface area contributed by atoms with Crippen molar-refractivity contribution in [3.8, 4) is 11.4 Å². The number of nitrogens with one attached hydrogen (secondary N) is 3. The highest BCUT2D eigenvalue weighted by molar-refractivity contribution is 5.95. The Morgan fingerprint density at radius 1 is 1.13 bits per heavy atom. The monoisotopic (exact) mass is 403 g/mol. The first-order valence-corrected chi connectivity index (χ1v) is 9.37. The summed E-state index contributed by atoms with van der Waals surface area (Å²) in [4.78, 5) is 28.6. The normalized spacial score (nSPS) is 10.8. The summed E-state index contributed by atoms with van der Waals surface area (Å²) in [5.74, 6) is -1.21. The third-order valence-corrected chi connectivity index (χ3v) is 4.93. The van der Waals surface area contributed by atoms with Crippen molar-refractivity contribution in [3.05, 3.63) is 88.1 Å². The maximum Gasteiger partial charge on any atom is 0.338 e. The minimum absolute atomic E-state index is 0.125. The van der Waals surface area contributed by atoms with Gasteiger partial charge in [-0.3, -0.25) is 10.1 Å². The number of nitrogens with zero attached hydrogens (tertiary/aromatic N) is 1. The van der Waals surface area contributed by atoms with Crippen molar-refractivity contribution in [3.63, 3.8) is 0 Å². The quantitative estimate of drug-likeness (QED) is 0.319. The number of aromatic amines is 2. The molecule has 8 heteroatoms. The van der Waals surface area contributed by atoms with Crippen molar-refractivity contribution in [2.75, 3.05) is 11.9 Å². The third-order valence-electron chi connectivity index (χ3n) is 4.93. The first kappa shape index (κ1) is 19.1. The van der Waals surface area contributed by atoms with Crippen LogP contribution in [0.1, 0.15) is 15.9 Å². The van der Waals surface area contributed by atoms with E-state index in [9.17, 15) is 20.0 Å². The molecule has 0 aliphatic heterocycles. The van der Waals surface area contributed by atoms with Crippen LogP contribution in [-0.2, 0) is 6.42 Å². The minimum atomic E-state index is -1.21. The minimum Gasteiger partial charge on any atom is -0.478 e. The fourth-order valence-electron chi connectivity index (χ4n) is 3.54. The molecule has 4 aromatic rings. The van der Waals surface area contributed by atoms with Gasteiger partial charge in [0.15, 0.2) is 6.20 Å². The van der Waals surface area contributed by atoms with Gasteiger partial charge in [-0.25, -0.2) is 9.78 Å². The highest BCUT2D eigenvalue weighted by Gasteiger charge is 2.18. The molecule has 0 bridgehead atoms. The number of fused-ring (bicyclic) bond motifs is 1. The molecule has 0 amide bonds. The molecule has 0 atom stereocenters. The number of carboxylic acid groups (broad SMARTS) is 1. The lowest BCUT2D eigenvalue weighted by Crippen LogP contribution is -2.11. The Morgan fingerprint density at radius 3 is 2.67 bits per heavy atom.